The van der Waals surface area contributed by atoms with Crippen molar-refractivity contribution in [2.24, 2.45) is 11.7 Å². The van der Waals surface area contributed by atoms with Crippen LogP contribution in [0.4, 0.5) is 0 Å². The zero-order chi connectivity index (χ0) is 109. The van der Waals surface area contributed by atoms with Gasteiger partial charge in [-0.15, -0.1) is 0 Å². The largest absolute Gasteiger partial charge is 0.481 e. The molecule has 0 spiro atoms. The number of nitrogens with one attached hydrogen (secondary N) is 17. The number of nitrogens with two attached hydrogens (primary N) is 1. The van der Waals surface area contributed by atoms with Gasteiger partial charge in [0.15, 0.2) is 18.5 Å². The predicted molar refractivity (Wildman–Crippen MR) is 506 cm³/mol. The molecule has 20 unspecified atom stereocenters. The van der Waals surface area contributed by atoms with Crippen molar-refractivity contribution in [3.05, 3.63) is 54.1 Å². The summed E-state index contributed by atoms with van der Waals surface area (Å²) < 4.78 is 23.8. The molecule has 29 N–H and O–H groups in total. The number of ether oxygens (including phenoxy) is 4. The maximum atomic E-state index is 15.5. The molecule has 0 saturated carbocycles. The number of aliphatic carboxylic acids is 2. The lowest BCUT2D eigenvalue weighted by Crippen LogP contribution is -2.69. The molecule has 2 aromatic rings. The Labute approximate surface area is 844 Å². The fourth-order valence-corrected chi connectivity index (χ4v) is 17.2. The zero-order valence-corrected chi connectivity index (χ0v) is 82.9. The maximum absolute atomic E-state index is 15.5. The number of nitrogens with zero attached hydrogens (tertiary/aromatic N) is 4. The van der Waals surface area contributed by atoms with E-state index in [1.807, 2.05) is 0 Å². The van der Waals surface area contributed by atoms with Crippen molar-refractivity contribution in [2.45, 2.75) is 323 Å². The number of likely N-dealkylation sites (tertiary alicyclic amines) is 3. The first kappa shape index (κ1) is 121. The number of guanidine groups is 1. The van der Waals surface area contributed by atoms with Crippen LogP contribution in [0, 0.1) is 11.3 Å². The monoisotopic (exact) mass is 2080 g/mol. The number of carboxylic acids is 2. The number of carbonyl (C=O) groups is 20. The van der Waals surface area contributed by atoms with Crippen molar-refractivity contribution < 1.29 is 166 Å². The summed E-state index contributed by atoms with van der Waals surface area (Å²) >= 11 is 0. The molecule has 26 atom stereocenters. The lowest BCUT2D eigenvalue weighted by atomic mass is 9.95. The summed E-state index contributed by atoms with van der Waals surface area (Å²) in [5.41, 5.74) is 6.35. The number of amides is 17. The van der Waals surface area contributed by atoms with Crippen LogP contribution in [0.1, 0.15) is 163 Å². The number of Topliss-reactive ketones (excluding diaryl/α,β-unsaturated/α-hetero) is 1. The van der Waals surface area contributed by atoms with Crippen molar-refractivity contribution in [3.63, 3.8) is 0 Å². The Balaban J connectivity index is 1.06. The second-order valence-electron chi connectivity index (χ2n) is 36.9. The van der Waals surface area contributed by atoms with E-state index in [2.05, 4.69) is 89.7 Å². The number of hydrogen-bond acceptors (Lipinski definition) is 34. The van der Waals surface area contributed by atoms with Gasteiger partial charge in [0.2, 0.25) is 100 Å². The fraction of sp³-hybridized carbons (Fsp3) is 0.670. The highest BCUT2D eigenvalue weighted by molar-refractivity contribution is 6.02. The smallest absolute Gasteiger partial charge is 0.305 e. The Morgan fingerprint density at radius 1 is 0.517 bits per heavy atom. The van der Waals surface area contributed by atoms with Crippen molar-refractivity contribution in [3.8, 4) is 0 Å². The number of carboxylic acid groups (broad SMARTS) is 2. The standard InChI is InChI=1S/C91H140N22O34/c1-10-95-80(135)57-23-16-30-111(57)87(142)45(6)100-81(136)58-24-18-32-113(58)88(143)52(22-15-29-96-91(92)93)104-85(140)68(47(8)144-89-69(101-48(9)119)74(71(127)61(40-116)145-89)147-90-73(129)72(128)70(126)60(39-115)146-90)110-78(133)55(35-65(124)125)106-82(137)59-25-17-31-112(59)86(141)44(5)99-79(134)56(38-114)107-84(139)67(46(7)118)109-83(138)66(42(2)3)108-63(121)37-97-75(130)54(34-50-36-94-41-98-50)105-76(131)51(27-28-64(122)123)103-77(132)53(33-49-20-12-11-13-21-49)102-62(120)26-14-19-43(4)117/h11-13,20-21,36,41-42,44-47,51-61,66-74,89-90,114-116,118,126-129H,10,14-19,22-35,37-40H2,1-9H3,(H,94,98)(H,95,135)(H,97,130)(H,99,134)(H,100,136)(H,101,119)(H,102,120)(H,103,132)(H,104,140)(H,105,131)(H,106,137)(H,107,139)(H,108,121)(H,109,138)(H,110,133)(H,122,123)(H,124,125)(H4,92,93,96)/t44?,45?,46?,47?,51?,52?,53?,54?,55?,56?,57?,58?,59?,60-,61-,66?,67?,68?,69?,70-,71-,72?,73?,74?,89+,90-/m1/s1. The number of rotatable bonds is 56. The van der Waals surface area contributed by atoms with Crippen LogP contribution in [0.15, 0.2) is 42.9 Å². The van der Waals surface area contributed by atoms with Crippen LogP contribution >= 0.6 is 0 Å². The Hall–Kier alpha value is -13.2. The molecular weight excluding hydrogens is 1950 g/mol. The summed E-state index contributed by atoms with van der Waals surface area (Å²) in [7, 11) is 0. The molecule has 56 nitrogen and oxygen atoms in total. The number of aromatic amines is 1. The number of likely N-dealkylation sites (N-methyl/N-ethyl adjacent to an activating group) is 1. The normalized spacial score (nSPS) is 23.3. The van der Waals surface area contributed by atoms with Crippen LogP contribution in [0.5, 0.6) is 0 Å². The molecule has 147 heavy (non-hydrogen) atoms. The lowest BCUT2D eigenvalue weighted by molar-refractivity contribution is -0.347. The first-order valence-electron chi connectivity index (χ1n) is 48.5. The molecule has 7 rings (SSSR count). The zero-order valence-electron chi connectivity index (χ0n) is 82.9. The van der Waals surface area contributed by atoms with Gasteiger partial charge in [0.25, 0.3) is 0 Å². The molecule has 5 saturated heterocycles. The van der Waals surface area contributed by atoms with Gasteiger partial charge in [-0.2, -0.15) is 0 Å². The van der Waals surface area contributed by atoms with Crippen LogP contribution in [0.2, 0.25) is 0 Å². The van der Waals surface area contributed by atoms with E-state index in [-0.39, 0.29) is 115 Å². The quantitative estimate of drug-likeness (QED) is 0.0166. The van der Waals surface area contributed by atoms with Crippen LogP contribution in [0.25, 0.3) is 0 Å². The van der Waals surface area contributed by atoms with Gasteiger partial charge in [0, 0.05) is 77.9 Å². The number of aromatic nitrogens is 2. The van der Waals surface area contributed by atoms with Crippen molar-refractivity contribution in [1.29, 1.82) is 5.41 Å². The van der Waals surface area contributed by atoms with E-state index in [9.17, 15) is 133 Å². The summed E-state index contributed by atoms with van der Waals surface area (Å²) in [6.07, 6.45) is -21.3. The number of aliphatic hydroxyl groups excluding tert-OH is 8. The lowest BCUT2D eigenvalue weighted by Gasteiger charge is -2.48. The minimum atomic E-state index is -2.28. The summed E-state index contributed by atoms with van der Waals surface area (Å²) in [6, 6.07) is -16.5. The Morgan fingerprint density at radius 2 is 1.05 bits per heavy atom. The molecule has 56 heteroatoms. The summed E-state index contributed by atoms with van der Waals surface area (Å²) in [4.78, 5) is 287. The molecule has 5 aliphatic heterocycles. The van der Waals surface area contributed by atoms with E-state index >= 15 is 14.4 Å². The molecular formula is C91H140N22O34. The average molecular weight is 2090 g/mol. The number of benzene rings is 1. The second-order valence-corrected chi connectivity index (χ2v) is 36.9. The maximum Gasteiger partial charge on any atom is 0.305 e. The van der Waals surface area contributed by atoms with E-state index in [0.717, 1.165) is 37.5 Å². The van der Waals surface area contributed by atoms with Crippen LogP contribution in [-0.2, 0) is 128 Å². The summed E-state index contributed by atoms with van der Waals surface area (Å²) in [5, 5.41) is 151. The van der Waals surface area contributed by atoms with E-state index in [1.165, 1.54) is 45.1 Å². The third kappa shape index (κ3) is 35.8. The number of H-pyrrole nitrogens is 1. The minimum absolute atomic E-state index is 0.0145. The fourth-order valence-electron chi connectivity index (χ4n) is 17.2. The first-order chi connectivity index (χ1) is 69.5. The molecule has 17 amide bonds. The van der Waals surface area contributed by atoms with Crippen LogP contribution < -0.4 is 85.5 Å². The number of carbonyl (C=O) groups excluding carboxylic acids is 18. The topological polar surface area (TPSA) is 849 Å². The van der Waals surface area contributed by atoms with Gasteiger partial charge in [0.1, 0.15) is 139 Å². The number of aliphatic hydroxyl groups is 8. The Bertz CT molecular complexity index is 4890. The van der Waals surface area contributed by atoms with Gasteiger partial charge in [-0.05, 0) is 117 Å². The number of imidazole rings is 1. The van der Waals surface area contributed by atoms with Gasteiger partial charge in [0.05, 0.1) is 57.0 Å². The number of ketones is 1. The highest BCUT2D eigenvalue weighted by atomic mass is 16.7. The van der Waals surface area contributed by atoms with E-state index in [4.69, 9.17) is 30.1 Å². The molecule has 818 valence electrons. The molecule has 0 bridgehead atoms. The van der Waals surface area contributed by atoms with E-state index in [0.29, 0.717) is 18.4 Å². The van der Waals surface area contributed by atoms with Gasteiger partial charge >= 0.3 is 11.9 Å². The van der Waals surface area contributed by atoms with Crippen LogP contribution in [-0.4, -0.2) is 417 Å². The molecule has 0 aliphatic carbocycles. The van der Waals surface area contributed by atoms with Gasteiger partial charge < -0.3 is 180 Å². The molecule has 1 aromatic heterocycles. The average Bonchev–Trinajstić information content (AvgIpc) is 1.60. The molecule has 5 aliphatic rings. The first-order valence-corrected chi connectivity index (χ1v) is 48.5. The van der Waals surface area contributed by atoms with Crippen molar-refractivity contribution in [1.82, 2.24) is 104 Å². The van der Waals surface area contributed by atoms with Gasteiger partial charge in [-0.25, -0.2) is 4.98 Å². The van der Waals surface area contributed by atoms with Crippen molar-refractivity contribution in [2.75, 3.05) is 59.1 Å². The third-order valence-corrected chi connectivity index (χ3v) is 25.0. The number of hydrogen-bond donors (Lipinski definition) is 28. The SMILES string of the molecule is CCNC(=O)C1CCCN1C(=O)C(C)NC(=O)C1CCCN1C(=O)C(CCCNC(=N)N)NC(=O)C(NC(=O)C(CC(=O)O)NC(=O)C1CCCN1C(=O)C(C)NC(=O)C(CO)NC(=O)C(NC(=O)C(NC(=O)CNC(=O)C(Cc1c[nH]cn1)NC(=O)C(CCC(=O)O)NC(=O)C(Cc1ccccc1)NC(=O)CCCC(C)=O)C(C)C)C(C)O)C(C)O[C@H]1O[C@H](CO)[C@@H](O)C(O[C@H]2O[C@H](CO)[C@@H](O)C(O)C2O)C1NC(C)=O. The minimum Gasteiger partial charge on any atom is -0.481 e. The second kappa shape index (κ2) is 58.4. The third-order valence-electron chi connectivity index (χ3n) is 25.0. The van der Waals surface area contributed by atoms with Crippen LogP contribution in [0.3, 0.4) is 0 Å². The van der Waals surface area contributed by atoms with Gasteiger partial charge in [-0.1, -0.05) is 44.2 Å². The van der Waals surface area contributed by atoms with E-state index < -0.39 is 328 Å². The molecule has 6 heterocycles. The predicted octanol–water partition coefficient (Wildman–Crippen LogP) is -11.6. The van der Waals surface area contributed by atoms with Gasteiger partial charge in [-0.3, -0.25) is 96.5 Å². The Kier molecular flexibility index (Phi) is 48.0. The highest BCUT2D eigenvalue weighted by Crippen LogP contribution is 2.32. The molecule has 0 radical (unpaired) electrons. The summed E-state index contributed by atoms with van der Waals surface area (Å²) in [6.45, 7) is 7.33. The Morgan fingerprint density at radius 3 is 1.61 bits per heavy atom. The van der Waals surface area contributed by atoms with E-state index in [1.54, 1.807) is 37.3 Å². The van der Waals surface area contributed by atoms with Crippen molar-refractivity contribution >= 4 is 124 Å². The molecule has 5 fully saturated rings. The molecule has 1 aromatic carbocycles. The summed E-state index contributed by atoms with van der Waals surface area (Å²) in [5.74, 6) is -21.9. The highest BCUT2D eigenvalue weighted by Gasteiger charge is 2.54.